The fraction of sp³-hybridized carbons (Fsp3) is 0.250. The van der Waals surface area contributed by atoms with E-state index in [1.165, 1.54) is 13.6 Å². The molecule has 0 unspecified atom stereocenters. The predicted octanol–water partition coefficient (Wildman–Crippen LogP) is 3.18. The zero-order valence-corrected chi connectivity index (χ0v) is 10.6. The molecule has 11 heavy (non-hydrogen) atoms. The third-order valence-corrected chi connectivity index (χ3v) is 3.10. The summed E-state index contributed by atoms with van der Waals surface area (Å²) in [5.74, 6) is 0. The molecule has 0 nitrogen and oxygen atoms in total. The van der Waals surface area contributed by atoms with Gasteiger partial charge in [0.15, 0.2) is 0 Å². The van der Waals surface area contributed by atoms with Crippen molar-refractivity contribution >= 4 is 48.8 Å². The molecular weight excluding hydrogens is 331 g/mol. The highest BCUT2D eigenvalue weighted by Gasteiger charge is 1.98. The average Bonchev–Trinajstić information content (AvgIpc) is 1.98. The molecule has 0 heterocycles. The maximum absolute atomic E-state index is 3.51. The molecule has 0 fully saturated rings. The van der Waals surface area contributed by atoms with Gasteiger partial charge in [-0.05, 0) is 52.8 Å². The smallest absolute Gasteiger partial charge is 0.0225 e. The molecule has 0 saturated heterocycles. The van der Waals surface area contributed by atoms with Crippen molar-refractivity contribution in [3.63, 3.8) is 0 Å². The number of benzene rings is 1. The van der Waals surface area contributed by atoms with Gasteiger partial charge in [0, 0.05) is 18.3 Å². The summed E-state index contributed by atoms with van der Waals surface area (Å²) in [6.07, 6.45) is 1.08. The van der Waals surface area contributed by atoms with Gasteiger partial charge in [0.05, 0.1) is 0 Å². The summed E-state index contributed by atoms with van der Waals surface area (Å²) in [5.41, 5.74) is 1.37. The van der Waals surface area contributed by atoms with Gasteiger partial charge in [-0.15, -0.1) is 0 Å². The number of halogens is 2. The van der Waals surface area contributed by atoms with Crippen molar-refractivity contribution in [3.8, 4) is 0 Å². The standard InChI is InChI=1S/C8H7BrISi/c9-8-2-1-7(10)5-6(8)3-4-11/h1-2,5H,3-4H2. The van der Waals surface area contributed by atoms with E-state index in [4.69, 9.17) is 0 Å². The van der Waals surface area contributed by atoms with E-state index in [1.807, 2.05) is 0 Å². The predicted molar refractivity (Wildman–Crippen MR) is 61.1 cm³/mol. The number of hydrogen-bond donors (Lipinski definition) is 0. The Morgan fingerprint density at radius 1 is 1.45 bits per heavy atom. The quantitative estimate of drug-likeness (QED) is 0.574. The average molecular weight is 338 g/mol. The lowest BCUT2D eigenvalue weighted by atomic mass is 10.2. The maximum Gasteiger partial charge on any atom is 0.0225 e. The highest BCUT2D eigenvalue weighted by molar-refractivity contribution is 14.1. The van der Waals surface area contributed by atoms with Crippen LogP contribution < -0.4 is 0 Å². The Balaban J connectivity index is 2.93. The minimum atomic E-state index is 1.01. The summed E-state index contributed by atoms with van der Waals surface area (Å²) >= 11 is 5.83. The highest BCUT2D eigenvalue weighted by atomic mass is 127. The van der Waals surface area contributed by atoms with E-state index in [9.17, 15) is 0 Å². The minimum Gasteiger partial charge on any atom is -0.0597 e. The van der Waals surface area contributed by atoms with E-state index < -0.39 is 0 Å². The lowest BCUT2D eigenvalue weighted by Crippen LogP contribution is -1.86. The highest BCUT2D eigenvalue weighted by Crippen LogP contribution is 2.20. The van der Waals surface area contributed by atoms with Crippen LogP contribution in [0.15, 0.2) is 22.7 Å². The first-order valence-electron chi connectivity index (χ1n) is 3.32. The van der Waals surface area contributed by atoms with Gasteiger partial charge in [0.1, 0.15) is 0 Å². The first-order valence-corrected chi connectivity index (χ1v) is 5.90. The monoisotopic (exact) mass is 337 g/mol. The van der Waals surface area contributed by atoms with Crippen molar-refractivity contribution in [2.45, 2.75) is 12.5 Å². The first-order chi connectivity index (χ1) is 5.24. The molecule has 0 N–H and O–H groups in total. The van der Waals surface area contributed by atoms with E-state index in [0.717, 1.165) is 12.5 Å². The normalized spacial score (nSPS) is 10.1. The van der Waals surface area contributed by atoms with Crippen LogP contribution in [0, 0.1) is 3.57 Å². The van der Waals surface area contributed by atoms with Crippen molar-refractivity contribution in [1.29, 1.82) is 0 Å². The van der Waals surface area contributed by atoms with Crippen LogP contribution in [0.2, 0.25) is 6.04 Å². The fourth-order valence-electron chi connectivity index (χ4n) is 0.870. The van der Waals surface area contributed by atoms with E-state index in [2.05, 4.69) is 67.0 Å². The second-order valence-corrected chi connectivity index (χ2v) is 4.84. The first kappa shape index (κ1) is 9.73. The van der Waals surface area contributed by atoms with Crippen LogP contribution in [0.5, 0.6) is 0 Å². The van der Waals surface area contributed by atoms with E-state index >= 15 is 0 Å². The molecule has 0 amide bonds. The molecule has 0 spiro atoms. The van der Waals surface area contributed by atoms with Gasteiger partial charge in [0.25, 0.3) is 0 Å². The molecule has 3 heteroatoms. The number of hydrogen-bond acceptors (Lipinski definition) is 0. The van der Waals surface area contributed by atoms with Crippen LogP contribution in [0.4, 0.5) is 0 Å². The van der Waals surface area contributed by atoms with Crippen molar-refractivity contribution in [2.75, 3.05) is 0 Å². The van der Waals surface area contributed by atoms with E-state index in [0.29, 0.717) is 0 Å². The third kappa shape index (κ3) is 2.87. The molecule has 3 radical (unpaired) electrons. The Morgan fingerprint density at radius 2 is 2.18 bits per heavy atom. The van der Waals surface area contributed by atoms with Gasteiger partial charge in [-0.25, -0.2) is 0 Å². The summed E-state index contributed by atoms with van der Waals surface area (Å²) in [4.78, 5) is 0. The Kier molecular flexibility index (Phi) is 4.09. The van der Waals surface area contributed by atoms with Gasteiger partial charge >= 0.3 is 0 Å². The third-order valence-electron chi connectivity index (χ3n) is 1.40. The van der Waals surface area contributed by atoms with Crippen molar-refractivity contribution < 1.29 is 0 Å². The molecular formula is C8H7BrISi. The lowest BCUT2D eigenvalue weighted by Gasteiger charge is -2.02. The fourth-order valence-corrected chi connectivity index (χ4v) is 2.14. The van der Waals surface area contributed by atoms with Crippen LogP contribution >= 0.6 is 38.5 Å². The Labute approximate surface area is 92.5 Å². The van der Waals surface area contributed by atoms with Crippen LogP contribution in [0.1, 0.15) is 5.56 Å². The second-order valence-electron chi connectivity index (χ2n) is 2.24. The zero-order valence-electron chi connectivity index (χ0n) is 5.90. The molecule has 0 aliphatic carbocycles. The largest absolute Gasteiger partial charge is 0.0597 e. The van der Waals surface area contributed by atoms with Crippen molar-refractivity contribution in [2.24, 2.45) is 0 Å². The van der Waals surface area contributed by atoms with Gasteiger partial charge in [-0.2, -0.15) is 0 Å². The van der Waals surface area contributed by atoms with Crippen molar-refractivity contribution in [1.82, 2.24) is 0 Å². The zero-order chi connectivity index (χ0) is 8.27. The van der Waals surface area contributed by atoms with Crippen LogP contribution in [-0.4, -0.2) is 10.2 Å². The molecule has 1 rings (SSSR count). The summed E-state index contributed by atoms with van der Waals surface area (Å²) in [6, 6.07) is 7.41. The minimum absolute atomic E-state index is 1.01. The maximum atomic E-state index is 3.51. The van der Waals surface area contributed by atoms with E-state index in [1.54, 1.807) is 0 Å². The molecule has 0 atom stereocenters. The Hall–Kier alpha value is 0.647. The Bertz CT molecular complexity index is 250. The lowest BCUT2D eigenvalue weighted by molar-refractivity contribution is 1.12. The topological polar surface area (TPSA) is 0 Å². The molecule has 0 bridgehead atoms. The molecule has 0 aliphatic rings. The molecule has 1 aromatic carbocycles. The molecule has 0 aliphatic heterocycles. The molecule has 0 aromatic heterocycles. The van der Waals surface area contributed by atoms with Gasteiger partial charge in [-0.3, -0.25) is 0 Å². The number of aryl methyl sites for hydroxylation is 1. The van der Waals surface area contributed by atoms with Gasteiger partial charge < -0.3 is 0 Å². The molecule has 1 aromatic rings. The summed E-state index contributed by atoms with van der Waals surface area (Å²) in [7, 11) is 3.47. The number of rotatable bonds is 2. The molecule has 0 saturated carbocycles. The summed E-state index contributed by atoms with van der Waals surface area (Å²) < 4.78 is 2.50. The Morgan fingerprint density at radius 3 is 2.82 bits per heavy atom. The molecule has 57 valence electrons. The van der Waals surface area contributed by atoms with Gasteiger partial charge in [-0.1, -0.05) is 22.0 Å². The summed E-state index contributed by atoms with van der Waals surface area (Å²) in [5, 5.41) is 0. The van der Waals surface area contributed by atoms with Crippen LogP contribution in [-0.2, 0) is 6.42 Å². The van der Waals surface area contributed by atoms with Crippen LogP contribution in [0.25, 0.3) is 0 Å². The van der Waals surface area contributed by atoms with Crippen molar-refractivity contribution in [3.05, 3.63) is 31.8 Å². The second kappa shape index (κ2) is 4.62. The van der Waals surface area contributed by atoms with Crippen LogP contribution in [0.3, 0.4) is 0 Å². The summed E-state index contributed by atoms with van der Waals surface area (Å²) in [6.45, 7) is 0. The van der Waals surface area contributed by atoms with Gasteiger partial charge in [0.2, 0.25) is 0 Å². The van der Waals surface area contributed by atoms with E-state index in [-0.39, 0.29) is 0 Å². The SMILES string of the molecule is [Si]CCc1cc(I)ccc1Br.